The van der Waals surface area contributed by atoms with E-state index in [0.717, 1.165) is 23.2 Å². The second-order valence-electron chi connectivity index (χ2n) is 7.71. The normalized spacial score (nSPS) is 11.9. The summed E-state index contributed by atoms with van der Waals surface area (Å²) >= 11 is 1.55. The molecule has 0 aliphatic rings. The number of rotatable bonds is 9. The third kappa shape index (κ3) is 4.95. The molecule has 1 unspecified atom stereocenters. The molecule has 1 aromatic carbocycles. The van der Waals surface area contributed by atoms with Crippen molar-refractivity contribution in [3.63, 3.8) is 0 Å². The fourth-order valence-corrected chi connectivity index (χ4v) is 4.17. The van der Waals surface area contributed by atoms with Gasteiger partial charge in [0.1, 0.15) is 17.2 Å². The third-order valence-corrected chi connectivity index (χ3v) is 5.83. The molecular formula is C23H27N7O2S. The Labute approximate surface area is 197 Å². The van der Waals surface area contributed by atoms with Crippen LogP contribution in [0.2, 0.25) is 0 Å². The van der Waals surface area contributed by atoms with E-state index in [9.17, 15) is 0 Å². The summed E-state index contributed by atoms with van der Waals surface area (Å²) in [5.74, 6) is 2.48. The van der Waals surface area contributed by atoms with Gasteiger partial charge in [0.15, 0.2) is 5.82 Å². The summed E-state index contributed by atoms with van der Waals surface area (Å²) in [6.07, 6.45) is 7.47. The summed E-state index contributed by atoms with van der Waals surface area (Å²) < 4.78 is 18.6. The number of hydrogen-bond donors (Lipinski definition) is 1. The smallest absolute Gasteiger partial charge is 0.239 e. The monoisotopic (exact) mass is 465 g/mol. The Hall–Kier alpha value is -3.53. The van der Waals surface area contributed by atoms with E-state index in [2.05, 4.69) is 31.9 Å². The second-order valence-corrected chi connectivity index (χ2v) is 8.96. The van der Waals surface area contributed by atoms with Crippen molar-refractivity contribution in [1.82, 2.24) is 29.5 Å². The van der Waals surface area contributed by atoms with Crippen molar-refractivity contribution in [3.05, 3.63) is 60.2 Å². The number of anilines is 1. The Balaban J connectivity index is 1.72. The average molecular weight is 466 g/mol. The number of nitrogens with zero attached hydrogens (tertiary/aromatic N) is 6. The van der Waals surface area contributed by atoms with Crippen LogP contribution in [0.3, 0.4) is 0 Å². The van der Waals surface area contributed by atoms with Crippen molar-refractivity contribution < 1.29 is 9.47 Å². The molecule has 0 aliphatic heterocycles. The lowest BCUT2D eigenvalue weighted by molar-refractivity contribution is 0.391. The van der Waals surface area contributed by atoms with Crippen molar-refractivity contribution >= 4 is 17.9 Å². The number of hydrogen-bond acceptors (Lipinski definition) is 8. The van der Waals surface area contributed by atoms with Crippen LogP contribution >= 0.6 is 11.9 Å². The van der Waals surface area contributed by atoms with Crippen LogP contribution in [0.25, 0.3) is 17.1 Å². The molecule has 1 N–H and O–H groups in total. The van der Waals surface area contributed by atoms with Gasteiger partial charge in [0.25, 0.3) is 0 Å². The molecular weight excluding hydrogens is 438 g/mol. The highest BCUT2D eigenvalue weighted by molar-refractivity contribution is 8.01. The van der Waals surface area contributed by atoms with Gasteiger partial charge in [-0.3, -0.25) is 19.0 Å². The zero-order valence-corrected chi connectivity index (χ0v) is 20.1. The van der Waals surface area contributed by atoms with Crippen LogP contribution in [0.1, 0.15) is 18.1 Å². The summed E-state index contributed by atoms with van der Waals surface area (Å²) in [7, 11) is 3.26. The minimum Gasteiger partial charge on any atom is -0.494 e. The van der Waals surface area contributed by atoms with E-state index in [0.29, 0.717) is 29.0 Å². The largest absolute Gasteiger partial charge is 0.494 e. The highest BCUT2D eigenvalue weighted by Crippen LogP contribution is 2.38. The zero-order chi connectivity index (χ0) is 23.4. The number of methoxy groups -OCH3 is 2. The molecule has 3 aromatic heterocycles. The van der Waals surface area contributed by atoms with E-state index >= 15 is 0 Å². The molecule has 4 rings (SSSR count). The number of benzene rings is 1. The molecule has 33 heavy (non-hydrogen) atoms. The van der Waals surface area contributed by atoms with E-state index in [1.165, 1.54) is 0 Å². The maximum Gasteiger partial charge on any atom is 0.239 e. The lowest BCUT2D eigenvalue weighted by Crippen LogP contribution is -2.13. The SMILES string of the molecule is COc1cccc(OC)c1-n1c(NSC(C)Cn2cc(C)cn2)nnc1-c1cncc(C)c1. The van der Waals surface area contributed by atoms with Crippen LogP contribution in [-0.4, -0.2) is 49.0 Å². The first-order valence-corrected chi connectivity index (χ1v) is 11.4. The van der Waals surface area contributed by atoms with Crippen LogP contribution in [-0.2, 0) is 6.54 Å². The highest BCUT2D eigenvalue weighted by Gasteiger charge is 2.23. The summed E-state index contributed by atoms with van der Waals surface area (Å²) in [6, 6.07) is 7.68. The molecule has 0 saturated carbocycles. The third-order valence-electron chi connectivity index (χ3n) is 4.98. The van der Waals surface area contributed by atoms with Crippen molar-refractivity contribution in [2.45, 2.75) is 32.6 Å². The summed E-state index contributed by atoms with van der Waals surface area (Å²) in [4.78, 5) is 4.33. The molecule has 1 atom stereocenters. The van der Waals surface area contributed by atoms with Crippen molar-refractivity contribution in [1.29, 1.82) is 0 Å². The van der Waals surface area contributed by atoms with Crippen molar-refractivity contribution in [2.24, 2.45) is 0 Å². The van der Waals surface area contributed by atoms with Crippen molar-refractivity contribution in [2.75, 3.05) is 18.9 Å². The fraction of sp³-hybridized carbons (Fsp3) is 0.304. The summed E-state index contributed by atoms with van der Waals surface area (Å²) in [5.41, 5.74) is 3.72. The topological polar surface area (TPSA) is 91.9 Å². The van der Waals surface area contributed by atoms with Gasteiger partial charge in [-0.05, 0) is 62.0 Å². The first-order chi connectivity index (χ1) is 16.0. The van der Waals surface area contributed by atoms with E-state index in [1.807, 2.05) is 66.0 Å². The van der Waals surface area contributed by atoms with Gasteiger partial charge in [-0.2, -0.15) is 5.10 Å². The van der Waals surface area contributed by atoms with Crippen LogP contribution in [0.15, 0.2) is 49.1 Å². The van der Waals surface area contributed by atoms with Gasteiger partial charge in [0.2, 0.25) is 5.95 Å². The first kappa shape index (κ1) is 22.7. The number of pyridine rings is 1. The quantitative estimate of drug-likeness (QED) is 0.366. The molecule has 4 aromatic rings. The maximum atomic E-state index is 5.67. The van der Waals surface area contributed by atoms with Gasteiger partial charge in [-0.1, -0.05) is 6.07 Å². The Bertz CT molecular complexity index is 1220. The molecule has 9 nitrogen and oxygen atoms in total. The lowest BCUT2D eigenvalue weighted by Gasteiger charge is -2.18. The van der Waals surface area contributed by atoms with Crippen LogP contribution in [0.4, 0.5) is 5.95 Å². The Morgan fingerprint density at radius 2 is 1.79 bits per heavy atom. The molecule has 0 bridgehead atoms. The minimum absolute atomic E-state index is 0.220. The molecule has 0 aliphatic carbocycles. The molecule has 172 valence electrons. The molecule has 0 saturated heterocycles. The Morgan fingerprint density at radius 3 is 2.42 bits per heavy atom. The van der Waals surface area contributed by atoms with E-state index in [-0.39, 0.29) is 5.25 Å². The molecule has 0 amide bonds. The zero-order valence-electron chi connectivity index (χ0n) is 19.3. The Morgan fingerprint density at radius 1 is 1.03 bits per heavy atom. The van der Waals surface area contributed by atoms with E-state index < -0.39 is 0 Å². The predicted octanol–water partition coefficient (Wildman–Crippen LogP) is 4.31. The van der Waals surface area contributed by atoms with Gasteiger partial charge in [-0.25, -0.2) is 0 Å². The number of para-hydroxylation sites is 1. The standard InChI is InChI=1S/C23H27N7O2S/c1-15-9-18(12-24-10-15)22-26-27-23(28-33-17(3)14-29-13-16(2)11-25-29)30(22)21-19(31-4)7-6-8-20(21)32-5/h6-13,17H,14H2,1-5H3,(H,27,28). The number of aryl methyl sites for hydroxylation is 2. The molecule has 0 fully saturated rings. The van der Waals surface area contributed by atoms with Gasteiger partial charge in [0.05, 0.1) is 27.0 Å². The molecule has 0 spiro atoms. The summed E-state index contributed by atoms with van der Waals surface area (Å²) in [5, 5.41) is 13.5. The van der Waals surface area contributed by atoms with Gasteiger partial charge < -0.3 is 9.47 Å². The average Bonchev–Trinajstić information content (AvgIpc) is 3.42. The molecule has 10 heteroatoms. The maximum absolute atomic E-state index is 5.67. The van der Waals surface area contributed by atoms with Crippen LogP contribution < -0.4 is 14.2 Å². The van der Waals surface area contributed by atoms with E-state index in [1.54, 1.807) is 32.4 Å². The van der Waals surface area contributed by atoms with Crippen LogP contribution in [0.5, 0.6) is 11.5 Å². The highest BCUT2D eigenvalue weighted by atomic mass is 32.2. The lowest BCUT2D eigenvalue weighted by atomic mass is 10.2. The summed E-state index contributed by atoms with van der Waals surface area (Å²) in [6.45, 7) is 6.91. The van der Waals surface area contributed by atoms with Gasteiger partial charge in [0, 0.05) is 29.4 Å². The minimum atomic E-state index is 0.220. The predicted molar refractivity (Wildman–Crippen MR) is 130 cm³/mol. The van der Waals surface area contributed by atoms with Crippen LogP contribution in [0, 0.1) is 13.8 Å². The second kappa shape index (κ2) is 9.95. The van der Waals surface area contributed by atoms with E-state index in [4.69, 9.17) is 9.47 Å². The molecule has 3 heterocycles. The molecule has 0 radical (unpaired) electrons. The first-order valence-electron chi connectivity index (χ1n) is 10.5. The number of ether oxygens (including phenoxy) is 2. The number of nitrogens with one attached hydrogen (secondary N) is 1. The fourth-order valence-electron chi connectivity index (χ4n) is 3.50. The van der Waals surface area contributed by atoms with Crippen molar-refractivity contribution in [3.8, 4) is 28.6 Å². The van der Waals surface area contributed by atoms with Gasteiger partial charge in [-0.15, -0.1) is 10.2 Å². The van der Waals surface area contributed by atoms with Gasteiger partial charge >= 0.3 is 0 Å². The number of aromatic nitrogens is 6. The Kier molecular flexibility index (Phi) is 6.83.